The van der Waals surface area contributed by atoms with Crippen molar-refractivity contribution in [3.05, 3.63) is 78.1 Å². The van der Waals surface area contributed by atoms with Crippen LogP contribution in [0, 0.1) is 0 Å². The van der Waals surface area contributed by atoms with Crippen molar-refractivity contribution in [1.29, 1.82) is 0 Å². The zero-order valence-electron chi connectivity index (χ0n) is 18.5. The number of hydrogen-bond acceptors (Lipinski definition) is 7. The Hall–Kier alpha value is -3.69. The van der Waals surface area contributed by atoms with E-state index in [1.807, 2.05) is 30.4 Å². The van der Waals surface area contributed by atoms with Crippen molar-refractivity contribution in [1.82, 2.24) is 19.3 Å². The van der Waals surface area contributed by atoms with Crippen molar-refractivity contribution in [3.63, 3.8) is 0 Å². The Kier molecular flexibility index (Phi) is 5.08. The Balaban J connectivity index is 1.30. The molecule has 1 fully saturated rings. The minimum Gasteiger partial charge on any atom is -0.369 e. The van der Waals surface area contributed by atoms with Gasteiger partial charge < -0.3 is 15.5 Å². The summed E-state index contributed by atoms with van der Waals surface area (Å²) in [5, 5.41) is 7.23. The van der Waals surface area contributed by atoms with E-state index in [-0.39, 0.29) is 0 Å². The van der Waals surface area contributed by atoms with Crippen molar-refractivity contribution < 1.29 is 8.42 Å². The Morgan fingerprint density at radius 1 is 1.00 bits per heavy atom. The van der Waals surface area contributed by atoms with Gasteiger partial charge in [-0.2, -0.15) is 4.98 Å². The third-order valence-electron chi connectivity index (χ3n) is 6.33. The van der Waals surface area contributed by atoms with E-state index in [9.17, 15) is 8.42 Å². The predicted octanol–water partition coefficient (Wildman–Crippen LogP) is 3.39. The molecular formula is C25H24N6O2S. The highest BCUT2D eigenvalue weighted by Crippen LogP contribution is 2.30. The highest BCUT2D eigenvalue weighted by Gasteiger charge is 2.25. The van der Waals surface area contributed by atoms with Gasteiger partial charge in [-0.15, -0.1) is 0 Å². The van der Waals surface area contributed by atoms with Gasteiger partial charge in [-0.05, 0) is 53.9 Å². The largest absolute Gasteiger partial charge is 0.369 e. The Labute approximate surface area is 198 Å². The highest BCUT2D eigenvalue weighted by atomic mass is 32.2. The number of benzene rings is 2. The summed E-state index contributed by atoms with van der Waals surface area (Å²) in [4.78, 5) is 11.6. The lowest BCUT2D eigenvalue weighted by Gasteiger charge is -2.29. The molecule has 1 aliphatic carbocycles. The molecule has 2 aromatic carbocycles. The molecule has 9 heteroatoms. The van der Waals surface area contributed by atoms with Gasteiger partial charge in [-0.25, -0.2) is 17.4 Å². The van der Waals surface area contributed by atoms with E-state index in [1.165, 1.54) is 9.66 Å². The average Bonchev–Trinajstić information content (AvgIpc) is 3.52. The molecule has 34 heavy (non-hydrogen) atoms. The number of aromatic nitrogens is 3. The Morgan fingerprint density at radius 3 is 2.65 bits per heavy atom. The van der Waals surface area contributed by atoms with Crippen LogP contribution in [-0.4, -0.2) is 48.5 Å². The maximum Gasteiger partial charge on any atom is 0.269 e. The maximum absolute atomic E-state index is 13.6. The smallest absolute Gasteiger partial charge is 0.269 e. The topological polar surface area (TPSA) is 92.2 Å². The fourth-order valence-corrected chi connectivity index (χ4v) is 6.14. The summed E-state index contributed by atoms with van der Waals surface area (Å²) in [6, 6.07) is 15.2. The lowest BCUT2D eigenvalue weighted by Crippen LogP contribution is -2.43. The Morgan fingerprint density at radius 2 is 1.82 bits per heavy atom. The van der Waals surface area contributed by atoms with Gasteiger partial charge in [0.1, 0.15) is 0 Å². The van der Waals surface area contributed by atoms with E-state index in [2.05, 4.69) is 37.6 Å². The lowest BCUT2D eigenvalue weighted by atomic mass is 10.1. The maximum atomic E-state index is 13.6. The zero-order chi connectivity index (χ0) is 23.1. The van der Waals surface area contributed by atoms with E-state index < -0.39 is 10.0 Å². The molecule has 8 nitrogen and oxygen atoms in total. The summed E-state index contributed by atoms with van der Waals surface area (Å²) < 4.78 is 28.4. The van der Waals surface area contributed by atoms with Gasteiger partial charge in [-0.3, -0.25) is 0 Å². The molecule has 0 bridgehead atoms. The number of allylic oxidation sites excluding steroid dienone is 1. The summed E-state index contributed by atoms with van der Waals surface area (Å²) in [7, 11) is -3.81. The van der Waals surface area contributed by atoms with E-state index in [0.29, 0.717) is 28.3 Å². The molecule has 2 aromatic heterocycles. The van der Waals surface area contributed by atoms with Gasteiger partial charge >= 0.3 is 0 Å². The Bertz CT molecular complexity index is 1500. The molecule has 6 rings (SSSR count). The van der Waals surface area contributed by atoms with Crippen LogP contribution in [0.15, 0.2) is 71.9 Å². The first-order valence-corrected chi connectivity index (χ1v) is 12.7. The minimum absolute atomic E-state index is 0.309. The van der Waals surface area contributed by atoms with E-state index in [0.717, 1.165) is 43.0 Å². The highest BCUT2D eigenvalue weighted by molar-refractivity contribution is 7.90. The van der Waals surface area contributed by atoms with Gasteiger partial charge in [0.2, 0.25) is 5.95 Å². The first-order valence-electron chi connectivity index (χ1n) is 11.3. The van der Waals surface area contributed by atoms with Gasteiger partial charge in [0, 0.05) is 55.3 Å². The molecule has 1 saturated heterocycles. The molecule has 4 aromatic rings. The van der Waals surface area contributed by atoms with Crippen molar-refractivity contribution >= 4 is 44.5 Å². The van der Waals surface area contributed by atoms with E-state index >= 15 is 0 Å². The summed E-state index contributed by atoms with van der Waals surface area (Å²) >= 11 is 0. The van der Waals surface area contributed by atoms with E-state index in [4.69, 9.17) is 0 Å². The molecular weight excluding hydrogens is 448 g/mol. The van der Waals surface area contributed by atoms with Crippen LogP contribution in [0.4, 0.5) is 17.3 Å². The third kappa shape index (κ3) is 3.63. The van der Waals surface area contributed by atoms with Gasteiger partial charge in [-0.1, -0.05) is 24.3 Å². The van der Waals surface area contributed by atoms with Crippen molar-refractivity contribution in [2.75, 3.05) is 36.4 Å². The summed E-state index contributed by atoms with van der Waals surface area (Å²) in [5.41, 5.74) is 4.12. The first-order chi connectivity index (χ1) is 16.6. The van der Waals surface area contributed by atoms with Crippen LogP contribution in [0.2, 0.25) is 0 Å². The van der Waals surface area contributed by atoms with Crippen LogP contribution in [-0.2, 0) is 16.4 Å². The van der Waals surface area contributed by atoms with Crippen LogP contribution in [0.1, 0.15) is 11.1 Å². The molecule has 0 saturated carbocycles. The monoisotopic (exact) mass is 472 g/mol. The van der Waals surface area contributed by atoms with Gasteiger partial charge in [0.15, 0.2) is 5.65 Å². The number of rotatable bonds is 5. The number of fused-ring (bicyclic) bond motifs is 2. The van der Waals surface area contributed by atoms with Crippen LogP contribution in [0.25, 0.3) is 17.1 Å². The van der Waals surface area contributed by atoms with Crippen molar-refractivity contribution in [3.8, 4) is 0 Å². The molecule has 2 N–H and O–H groups in total. The molecule has 3 heterocycles. The number of piperazine rings is 1. The number of anilines is 3. The second-order valence-corrected chi connectivity index (χ2v) is 10.2. The molecule has 172 valence electrons. The third-order valence-corrected chi connectivity index (χ3v) is 8.08. The van der Waals surface area contributed by atoms with Crippen LogP contribution in [0.5, 0.6) is 0 Å². The second kappa shape index (κ2) is 8.27. The van der Waals surface area contributed by atoms with E-state index in [1.54, 1.807) is 30.6 Å². The zero-order valence-corrected chi connectivity index (χ0v) is 19.3. The molecule has 0 unspecified atom stereocenters. The van der Waals surface area contributed by atoms with Crippen molar-refractivity contribution in [2.24, 2.45) is 0 Å². The van der Waals surface area contributed by atoms with Crippen molar-refractivity contribution in [2.45, 2.75) is 11.3 Å². The fraction of sp³-hybridized carbons (Fsp3) is 0.200. The molecule has 1 aliphatic heterocycles. The second-order valence-electron chi connectivity index (χ2n) is 8.43. The SMILES string of the molecule is O=S(=O)(c1cccc2c1CC=C2)n1ccc2cnc(Nc3ccc(N4CCNCC4)cc3)nc21. The number of hydrogen-bond donors (Lipinski definition) is 2. The van der Waals surface area contributed by atoms with Crippen LogP contribution >= 0.6 is 0 Å². The quantitative estimate of drug-likeness (QED) is 0.460. The molecule has 0 radical (unpaired) electrons. The fourth-order valence-electron chi connectivity index (χ4n) is 4.57. The van der Waals surface area contributed by atoms with Crippen LogP contribution in [0.3, 0.4) is 0 Å². The predicted molar refractivity (Wildman–Crippen MR) is 134 cm³/mol. The van der Waals surface area contributed by atoms with Gasteiger partial charge in [0.25, 0.3) is 10.0 Å². The lowest BCUT2D eigenvalue weighted by molar-refractivity contribution is 0.588. The normalized spacial score (nSPS) is 15.6. The number of nitrogens with zero attached hydrogens (tertiary/aromatic N) is 4. The summed E-state index contributed by atoms with van der Waals surface area (Å²) in [6.45, 7) is 3.94. The molecule has 0 amide bonds. The number of nitrogens with one attached hydrogen (secondary N) is 2. The van der Waals surface area contributed by atoms with Crippen LogP contribution < -0.4 is 15.5 Å². The summed E-state index contributed by atoms with van der Waals surface area (Å²) in [6.07, 6.45) is 7.73. The standard InChI is InChI=1S/C25H24N6O2S/c32-34(33,23-6-2-4-18-3-1-5-22(18)23)31-14-11-19-17-27-25(29-24(19)31)28-20-7-9-21(10-8-20)30-15-12-26-13-16-30/h1-4,6-11,14,17,26H,5,12-13,15-16H2,(H,27,28,29). The molecule has 0 spiro atoms. The van der Waals surface area contributed by atoms with Gasteiger partial charge in [0.05, 0.1) is 4.90 Å². The summed E-state index contributed by atoms with van der Waals surface area (Å²) in [5.74, 6) is 0.345. The minimum atomic E-state index is -3.81. The molecule has 0 atom stereocenters. The first kappa shape index (κ1) is 20.9. The molecule has 2 aliphatic rings. The average molecular weight is 473 g/mol.